The summed E-state index contributed by atoms with van der Waals surface area (Å²) in [5, 5.41) is 3.94. The summed E-state index contributed by atoms with van der Waals surface area (Å²) in [6.07, 6.45) is 3.65. The zero-order chi connectivity index (χ0) is 19.8. The molecule has 0 saturated heterocycles. The number of esters is 1. The van der Waals surface area contributed by atoms with Crippen molar-refractivity contribution in [3.63, 3.8) is 0 Å². The summed E-state index contributed by atoms with van der Waals surface area (Å²) in [4.78, 5) is 12.0. The molecule has 1 atom stereocenters. The predicted octanol–water partition coefficient (Wildman–Crippen LogP) is 4.81. The van der Waals surface area contributed by atoms with E-state index in [1.54, 1.807) is 0 Å². The van der Waals surface area contributed by atoms with Crippen LogP contribution in [0.3, 0.4) is 0 Å². The van der Waals surface area contributed by atoms with Crippen LogP contribution in [0.2, 0.25) is 0 Å². The minimum absolute atomic E-state index is 0.0866. The maximum Gasteiger partial charge on any atom is 0.333 e. The number of ether oxygens (including phenoxy) is 1. The van der Waals surface area contributed by atoms with Gasteiger partial charge in [-0.05, 0) is 40.7 Å². The monoisotopic (exact) mass is 381 g/mol. The number of hydrogen-bond donors (Lipinski definition) is 1. The molecule has 1 N–H and O–H groups in total. The van der Waals surface area contributed by atoms with E-state index in [1.807, 2.05) is 6.08 Å². The molecular weight excluding hydrogens is 358 g/mol. The van der Waals surface area contributed by atoms with Gasteiger partial charge in [0.15, 0.2) is 0 Å². The molecule has 144 valence electrons. The van der Waals surface area contributed by atoms with Crippen LogP contribution in [-0.4, -0.2) is 19.1 Å². The second-order valence-electron chi connectivity index (χ2n) is 7.68. The number of rotatable bonds is 4. The maximum atomic E-state index is 12.0. The van der Waals surface area contributed by atoms with Crippen molar-refractivity contribution in [3.05, 3.63) is 107 Å². The Kier molecular flexibility index (Phi) is 4.33. The smallest absolute Gasteiger partial charge is 0.333 e. The van der Waals surface area contributed by atoms with Crippen molar-refractivity contribution >= 4 is 5.97 Å². The average molecular weight is 381 g/mol. The van der Waals surface area contributed by atoms with E-state index >= 15 is 0 Å². The Labute approximate surface area is 171 Å². The summed E-state index contributed by atoms with van der Waals surface area (Å²) in [6, 6.07) is 27.9. The van der Waals surface area contributed by atoms with Gasteiger partial charge in [-0.25, -0.2) is 4.79 Å². The molecule has 0 aromatic heterocycles. The van der Waals surface area contributed by atoms with Crippen molar-refractivity contribution in [1.82, 2.24) is 5.32 Å². The molecule has 0 unspecified atom stereocenters. The van der Waals surface area contributed by atoms with Gasteiger partial charge in [0, 0.05) is 11.6 Å². The zero-order valence-electron chi connectivity index (χ0n) is 16.4. The second kappa shape index (κ2) is 7.02. The van der Waals surface area contributed by atoms with E-state index in [9.17, 15) is 4.79 Å². The largest absolute Gasteiger partial charge is 0.466 e. The molecule has 3 heteroatoms. The highest BCUT2D eigenvalue weighted by Gasteiger charge is 2.45. The number of methoxy groups -OCH3 is 1. The van der Waals surface area contributed by atoms with Crippen LogP contribution in [0.15, 0.2) is 90.5 Å². The molecule has 0 fully saturated rings. The molecule has 0 radical (unpaired) electrons. The van der Waals surface area contributed by atoms with E-state index in [-0.39, 0.29) is 12.0 Å². The first kappa shape index (κ1) is 17.9. The average Bonchev–Trinajstić information content (AvgIpc) is 3.36. The fourth-order valence-electron chi connectivity index (χ4n) is 4.89. The van der Waals surface area contributed by atoms with Crippen molar-refractivity contribution in [2.24, 2.45) is 0 Å². The Hall–Kier alpha value is -3.17. The van der Waals surface area contributed by atoms with Crippen molar-refractivity contribution < 1.29 is 9.53 Å². The maximum absolute atomic E-state index is 12.0. The molecule has 3 aromatic rings. The molecule has 0 spiro atoms. The van der Waals surface area contributed by atoms with Gasteiger partial charge in [0.05, 0.1) is 12.6 Å². The highest BCUT2D eigenvalue weighted by molar-refractivity contribution is 5.89. The first-order valence-corrected chi connectivity index (χ1v) is 10.1. The fourth-order valence-corrected chi connectivity index (χ4v) is 4.89. The highest BCUT2D eigenvalue weighted by atomic mass is 16.5. The highest BCUT2D eigenvalue weighted by Crippen LogP contribution is 2.51. The third kappa shape index (κ3) is 2.73. The SMILES string of the molecule is COC(=O)C1=C[C@@H](NC2(c3ccccc3)c3ccccc3-c3ccccc32)CC1. The van der Waals surface area contributed by atoms with E-state index in [0.717, 1.165) is 18.4 Å². The van der Waals surface area contributed by atoms with Gasteiger partial charge >= 0.3 is 5.97 Å². The lowest BCUT2D eigenvalue weighted by molar-refractivity contribution is -0.136. The topological polar surface area (TPSA) is 38.3 Å². The van der Waals surface area contributed by atoms with Gasteiger partial charge in [0.1, 0.15) is 0 Å². The van der Waals surface area contributed by atoms with E-state index in [2.05, 4.69) is 84.2 Å². The summed E-state index contributed by atoms with van der Waals surface area (Å²) in [6.45, 7) is 0. The molecule has 0 amide bonds. The van der Waals surface area contributed by atoms with Crippen LogP contribution in [-0.2, 0) is 15.1 Å². The summed E-state index contributed by atoms with van der Waals surface area (Å²) in [7, 11) is 1.44. The molecule has 0 aliphatic heterocycles. The minimum Gasteiger partial charge on any atom is -0.466 e. The molecule has 0 bridgehead atoms. The van der Waals surface area contributed by atoms with Gasteiger partial charge in [0.2, 0.25) is 0 Å². The van der Waals surface area contributed by atoms with Crippen molar-refractivity contribution in [2.45, 2.75) is 24.4 Å². The second-order valence-corrected chi connectivity index (χ2v) is 7.68. The Bertz CT molecular complexity index is 1050. The molecule has 0 saturated carbocycles. The minimum atomic E-state index is -0.457. The van der Waals surface area contributed by atoms with E-state index in [0.29, 0.717) is 0 Å². The molecule has 3 nitrogen and oxygen atoms in total. The standard InChI is InChI=1S/C26H23NO2/c1-29-25(28)18-15-16-20(17-18)27-26(19-9-3-2-4-10-19)23-13-7-5-11-21(23)22-12-6-8-14-24(22)26/h2-14,17,20,27H,15-16H2,1H3/t20-/m0/s1. The van der Waals surface area contributed by atoms with Crippen molar-refractivity contribution in [1.29, 1.82) is 0 Å². The number of carbonyl (C=O) groups excluding carboxylic acids is 1. The number of carbonyl (C=O) groups is 1. The summed E-state index contributed by atoms with van der Waals surface area (Å²) >= 11 is 0. The Balaban J connectivity index is 1.70. The van der Waals surface area contributed by atoms with Gasteiger partial charge < -0.3 is 4.74 Å². The number of fused-ring (bicyclic) bond motifs is 3. The lowest BCUT2D eigenvalue weighted by atomic mass is 9.80. The van der Waals surface area contributed by atoms with E-state index < -0.39 is 5.54 Å². The van der Waals surface area contributed by atoms with Gasteiger partial charge in [-0.15, -0.1) is 0 Å². The lowest BCUT2D eigenvalue weighted by Gasteiger charge is -2.36. The third-order valence-corrected chi connectivity index (χ3v) is 6.14. The van der Waals surface area contributed by atoms with Crippen molar-refractivity contribution in [3.8, 4) is 11.1 Å². The van der Waals surface area contributed by atoms with E-state index in [1.165, 1.54) is 34.9 Å². The molecule has 3 aromatic carbocycles. The van der Waals surface area contributed by atoms with Crippen LogP contribution < -0.4 is 5.32 Å². The van der Waals surface area contributed by atoms with Crippen LogP contribution in [0.1, 0.15) is 29.5 Å². The van der Waals surface area contributed by atoms with Crippen LogP contribution in [0.5, 0.6) is 0 Å². The lowest BCUT2D eigenvalue weighted by Crippen LogP contribution is -2.47. The summed E-state index contributed by atoms with van der Waals surface area (Å²) < 4.78 is 4.94. The molecule has 0 heterocycles. The normalized spacial score (nSPS) is 18.7. The van der Waals surface area contributed by atoms with Gasteiger partial charge in [-0.1, -0.05) is 84.9 Å². The number of benzene rings is 3. The summed E-state index contributed by atoms with van der Waals surface area (Å²) in [5.41, 5.74) is 6.54. The van der Waals surface area contributed by atoms with Crippen LogP contribution in [0, 0.1) is 0 Å². The van der Waals surface area contributed by atoms with Gasteiger partial charge in [0.25, 0.3) is 0 Å². The Morgan fingerprint density at radius 2 is 1.48 bits per heavy atom. The van der Waals surface area contributed by atoms with Crippen molar-refractivity contribution in [2.75, 3.05) is 7.11 Å². The van der Waals surface area contributed by atoms with E-state index in [4.69, 9.17) is 4.74 Å². The first-order chi connectivity index (χ1) is 14.2. The predicted molar refractivity (Wildman–Crippen MR) is 114 cm³/mol. The Morgan fingerprint density at radius 3 is 2.10 bits per heavy atom. The zero-order valence-corrected chi connectivity index (χ0v) is 16.4. The quantitative estimate of drug-likeness (QED) is 0.659. The number of nitrogens with one attached hydrogen (secondary N) is 1. The third-order valence-electron chi connectivity index (χ3n) is 6.14. The molecule has 2 aliphatic rings. The number of hydrogen-bond acceptors (Lipinski definition) is 3. The summed E-state index contributed by atoms with van der Waals surface area (Å²) in [5.74, 6) is -0.227. The Morgan fingerprint density at radius 1 is 0.897 bits per heavy atom. The molecule has 29 heavy (non-hydrogen) atoms. The first-order valence-electron chi connectivity index (χ1n) is 10.1. The fraction of sp³-hybridized carbons (Fsp3) is 0.192. The molecule has 2 aliphatic carbocycles. The molecular formula is C26H23NO2. The van der Waals surface area contributed by atoms with Gasteiger partial charge in [-0.3, -0.25) is 5.32 Å². The molecule has 5 rings (SSSR count). The van der Waals surface area contributed by atoms with Crippen LogP contribution in [0.4, 0.5) is 0 Å². The van der Waals surface area contributed by atoms with Crippen LogP contribution in [0.25, 0.3) is 11.1 Å². The van der Waals surface area contributed by atoms with Gasteiger partial charge in [-0.2, -0.15) is 0 Å². The van der Waals surface area contributed by atoms with Crippen LogP contribution >= 0.6 is 0 Å².